The summed E-state index contributed by atoms with van der Waals surface area (Å²) >= 11 is 5.52. The SMILES string of the molecule is C#C[Si](C)(C)CCCCl. The van der Waals surface area contributed by atoms with E-state index >= 15 is 0 Å². The Kier molecular flexibility index (Phi) is 4.00. The fourth-order valence-corrected chi connectivity index (χ4v) is 2.14. The summed E-state index contributed by atoms with van der Waals surface area (Å²) in [6, 6.07) is 1.16. The van der Waals surface area contributed by atoms with E-state index in [-0.39, 0.29) is 0 Å². The average Bonchev–Trinajstić information content (AvgIpc) is 1.84. The molecule has 0 aromatic rings. The van der Waals surface area contributed by atoms with Crippen molar-refractivity contribution in [2.45, 2.75) is 25.6 Å². The average molecular weight is 161 g/mol. The first-order valence-corrected chi connectivity index (χ1v) is 6.90. The van der Waals surface area contributed by atoms with Crippen LogP contribution in [-0.2, 0) is 0 Å². The van der Waals surface area contributed by atoms with Gasteiger partial charge in [-0.1, -0.05) is 13.1 Å². The van der Waals surface area contributed by atoms with Gasteiger partial charge in [-0.2, -0.15) is 0 Å². The molecule has 0 atom stereocenters. The summed E-state index contributed by atoms with van der Waals surface area (Å²) in [5.74, 6) is 0.748. The second-order valence-corrected chi connectivity index (χ2v) is 7.76. The standard InChI is InChI=1S/C7H13ClSi/c1-4-9(2,3)7-5-6-8/h1H,5-7H2,2-3H3. The van der Waals surface area contributed by atoms with Crippen molar-refractivity contribution in [2.24, 2.45) is 0 Å². The van der Waals surface area contributed by atoms with Crippen molar-refractivity contribution in [3.8, 4) is 12.0 Å². The molecule has 52 valence electrons. The maximum atomic E-state index is 5.52. The van der Waals surface area contributed by atoms with E-state index in [1.807, 2.05) is 0 Å². The molecule has 0 aliphatic carbocycles. The van der Waals surface area contributed by atoms with Crippen LogP contribution in [0.15, 0.2) is 0 Å². The van der Waals surface area contributed by atoms with Gasteiger partial charge in [-0.3, -0.25) is 0 Å². The molecule has 0 nitrogen and oxygen atoms in total. The van der Waals surface area contributed by atoms with Gasteiger partial charge >= 0.3 is 0 Å². The highest BCUT2D eigenvalue weighted by Gasteiger charge is 2.15. The molecule has 2 heteroatoms. The van der Waals surface area contributed by atoms with Gasteiger partial charge in [0, 0.05) is 5.88 Å². The predicted octanol–water partition coefficient (Wildman–Crippen LogP) is 2.50. The van der Waals surface area contributed by atoms with Gasteiger partial charge in [0.1, 0.15) is 8.07 Å². The molecular formula is C7H13ClSi. The van der Waals surface area contributed by atoms with Crippen molar-refractivity contribution >= 4 is 19.7 Å². The zero-order valence-corrected chi connectivity index (χ0v) is 7.83. The zero-order chi connectivity index (χ0) is 7.33. The summed E-state index contributed by atoms with van der Waals surface area (Å²) in [6.45, 7) is 4.39. The minimum Gasteiger partial charge on any atom is -0.135 e. The Morgan fingerprint density at radius 2 is 2.11 bits per heavy atom. The number of hydrogen-bond acceptors (Lipinski definition) is 0. The van der Waals surface area contributed by atoms with E-state index in [9.17, 15) is 0 Å². The van der Waals surface area contributed by atoms with Crippen LogP contribution >= 0.6 is 11.6 Å². The van der Waals surface area contributed by atoms with E-state index in [1.54, 1.807) is 0 Å². The maximum Gasteiger partial charge on any atom is 0.132 e. The first kappa shape index (κ1) is 9.07. The zero-order valence-electron chi connectivity index (χ0n) is 6.08. The van der Waals surface area contributed by atoms with Gasteiger partial charge in [0.05, 0.1) is 0 Å². The van der Waals surface area contributed by atoms with E-state index in [4.69, 9.17) is 18.0 Å². The van der Waals surface area contributed by atoms with Gasteiger partial charge in [0.15, 0.2) is 0 Å². The molecule has 0 saturated heterocycles. The van der Waals surface area contributed by atoms with Crippen LogP contribution in [0.1, 0.15) is 6.42 Å². The van der Waals surface area contributed by atoms with Crippen LogP contribution in [0.3, 0.4) is 0 Å². The summed E-state index contributed by atoms with van der Waals surface area (Å²) in [5, 5.41) is 0. The molecule has 0 spiro atoms. The molecule has 0 rings (SSSR count). The topological polar surface area (TPSA) is 0 Å². The molecule has 0 fully saturated rings. The summed E-state index contributed by atoms with van der Waals surface area (Å²) in [7, 11) is -1.25. The Bertz CT molecular complexity index is 113. The van der Waals surface area contributed by atoms with Crippen molar-refractivity contribution in [3.05, 3.63) is 0 Å². The predicted molar refractivity (Wildman–Crippen MR) is 46.5 cm³/mol. The van der Waals surface area contributed by atoms with Gasteiger partial charge < -0.3 is 0 Å². The van der Waals surface area contributed by atoms with Crippen molar-refractivity contribution in [1.29, 1.82) is 0 Å². The second kappa shape index (κ2) is 3.98. The Labute approximate surface area is 63.6 Å². The quantitative estimate of drug-likeness (QED) is 0.338. The van der Waals surface area contributed by atoms with Crippen LogP contribution in [-0.4, -0.2) is 14.0 Å². The lowest BCUT2D eigenvalue weighted by Gasteiger charge is -2.11. The summed E-state index contributed by atoms with van der Waals surface area (Å²) in [6.07, 6.45) is 6.39. The summed E-state index contributed by atoms with van der Waals surface area (Å²) in [5.41, 5.74) is 2.86. The Balaban J connectivity index is 3.49. The third-order valence-electron chi connectivity index (χ3n) is 1.33. The highest BCUT2D eigenvalue weighted by Crippen LogP contribution is 2.10. The third-order valence-corrected chi connectivity index (χ3v) is 3.98. The molecule has 0 aromatic carbocycles. The molecule has 0 radical (unpaired) electrons. The van der Waals surface area contributed by atoms with Gasteiger partial charge in [-0.15, -0.1) is 23.6 Å². The number of halogens is 1. The molecule has 9 heavy (non-hydrogen) atoms. The molecule has 0 amide bonds. The lowest BCUT2D eigenvalue weighted by atomic mass is 10.6. The first-order chi connectivity index (χ1) is 4.12. The van der Waals surface area contributed by atoms with Crippen LogP contribution in [0.2, 0.25) is 19.1 Å². The van der Waals surface area contributed by atoms with Crippen LogP contribution in [0.4, 0.5) is 0 Å². The van der Waals surface area contributed by atoms with E-state index in [0.717, 1.165) is 18.3 Å². The third kappa shape index (κ3) is 4.56. The summed E-state index contributed by atoms with van der Waals surface area (Å²) in [4.78, 5) is 0. The Morgan fingerprint density at radius 3 is 2.44 bits per heavy atom. The highest BCUT2D eigenvalue weighted by atomic mass is 35.5. The molecule has 0 bridgehead atoms. The minimum absolute atomic E-state index is 0.748. The van der Waals surface area contributed by atoms with Crippen LogP contribution < -0.4 is 0 Å². The highest BCUT2D eigenvalue weighted by molar-refractivity contribution is 6.85. The molecule has 0 aliphatic rings. The Hall–Kier alpha value is 0.0669. The van der Waals surface area contributed by atoms with Crippen molar-refractivity contribution in [3.63, 3.8) is 0 Å². The van der Waals surface area contributed by atoms with E-state index < -0.39 is 8.07 Å². The molecule has 0 heterocycles. The second-order valence-electron chi connectivity index (χ2n) is 2.82. The molecule has 0 aliphatic heterocycles. The van der Waals surface area contributed by atoms with E-state index in [2.05, 4.69) is 18.6 Å². The largest absolute Gasteiger partial charge is 0.135 e. The van der Waals surface area contributed by atoms with Gasteiger partial charge in [0.2, 0.25) is 0 Å². The van der Waals surface area contributed by atoms with Crippen molar-refractivity contribution < 1.29 is 0 Å². The van der Waals surface area contributed by atoms with Crippen LogP contribution in [0.5, 0.6) is 0 Å². The monoisotopic (exact) mass is 160 g/mol. The molecule has 0 saturated carbocycles. The molecule has 0 aromatic heterocycles. The van der Waals surface area contributed by atoms with E-state index in [0.29, 0.717) is 0 Å². The smallest absolute Gasteiger partial charge is 0.132 e. The summed E-state index contributed by atoms with van der Waals surface area (Å²) < 4.78 is 0. The lowest BCUT2D eigenvalue weighted by molar-refractivity contribution is 1.06. The van der Waals surface area contributed by atoms with Crippen LogP contribution in [0, 0.1) is 12.0 Å². The number of alkyl halides is 1. The lowest BCUT2D eigenvalue weighted by Crippen LogP contribution is -2.22. The Morgan fingerprint density at radius 1 is 1.56 bits per heavy atom. The maximum absolute atomic E-state index is 5.52. The molecule has 0 unspecified atom stereocenters. The number of terminal acetylenes is 1. The van der Waals surface area contributed by atoms with Gasteiger partial charge in [0.25, 0.3) is 0 Å². The van der Waals surface area contributed by atoms with Gasteiger partial charge in [-0.25, -0.2) is 0 Å². The minimum atomic E-state index is -1.25. The molecule has 0 N–H and O–H groups in total. The van der Waals surface area contributed by atoms with Crippen molar-refractivity contribution in [2.75, 3.05) is 5.88 Å². The number of rotatable bonds is 3. The normalized spacial score (nSPS) is 10.9. The number of hydrogen-bond donors (Lipinski definition) is 0. The van der Waals surface area contributed by atoms with Crippen molar-refractivity contribution in [1.82, 2.24) is 0 Å². The first-order valence-electron chi connectivity index (χ1n) is 3.16. The van der Waals surface area contributed by atoms with Crippen LogP contribution in [0.25, 0.3) is 0 Å². The fourth-order valence-electron chi connectivity index (χ4n) is 0.581. The van der Waals surface area contributed by atoms with E-state index in [1.165, 1.54) is 0 Å². The van der Waals surface area contributed by atoms with Gasteiger partial charge in [-0.05, 0) is 12.5 Å². The molecular weight excluding hydrogens is 148 g/mol. The fraction of sp³-hybridized carbons (Fsp3) is 0.714.